The van der Waals surface area contributed by atoms with E-state index in [-0.39, 0.29) is 0 Å². The van der Waals surface area contributed by atoms with Gasteiger partial charge in [0.2, 0.25) is 0 Å². The Morgan fingerprint density at radius 1 is 0.571 bits per heavy atom. The predicted molar refractivity (Wildman–Crippen MR) is 56.5 cm³/mol. The van der Waals surface area contributed by atoms with Crippen molar-refractivity contribution in [2.45, 2.75) is 0 Å². The number of halogens is 1. The van der Waals surface area contributed by atoms with Crippen LogP contribution in [0.25, 0.3) is 0 Å². The van der Waals surface area contributed by atoms with Crippen molar-refractivity contribution in [3.63, 3.8) is 0 Å². The van der Waals surface area contributed by atoms with Crippen LogP contribution in [0.15, 0.2) is 67.0 Å². The zero-order valence-corrected chi connectivity index (χ0v) is 10.5. The van der Waals surface area contributed by atoms with Gasteiger partial charge in [0.25, 0.3) is 0 Å². The third kappa shape index (κ3) is 9.44. The van der Waals surface area contributed by atoms with Crippen molar-refractivity contribution in [3.05, 3.63) is 67.0 Å². The van der Waals surface area contributed by atoms with Crippen molar-refractivity contribution >= 4 is 9.42 Å². The molecular formula is C11H11ClNPt. The van der Waals surface area contributed by atoms with Gasteiger partial charge >= 0.3 is 28.2 Å². The van der Waals surface area contributed by atoms with Crippen LogP contribution in [0.1, 0.15) is 0 Å². The van der Waals surface area contributed by atoms with Crippen LogP contribution in [0.2, 0.25) is 0 Å². The number of benzene rings is 1. The second-order valence-corrected chi connectivity index (χ2v) is 2.18. The topological polar surface area (TPSA) is 12.9 Å². The van der Waals surface area contributed by atoms with E-state index in [1.54, 1.807) is 31.2 Å². The van der Waals surface area contributed by atoms with Crippen LogP contribution in [0.4, 0.5) is 0 Å². The number of nitrogens with zero attached hydrogens (tertiary/aromatic N) is 1. The van der Waals surface area contributed by atoms with Gasteiger partial charge in [0.1, 0.15) is 0 Å². The van der Waals surface area contributed by atoms with Gasteiger partial charge < -0.3 is 0 Å². The third-order valence-corrected chi connectivity index (χ3v) is 1.23. The van der Waals surface area contributed by atoms with Crippen molar-refractivity contribution in [2.24, 2.45) is 0 Å². The predicted octanol–water partition coefficient (Wildman–Crippen LogP) is 3.46. The molecule has 0 radical (unpaired) electrons. The Morgan fingerprint density at radius 3 is 1.00 bits per heavy atom. The molecule has 0 aliphatic rings. The Kier molecular flexibility index (Phi) is 11.8. The minimum absolute atomic E-state index is 1.61. The van der Waals surface area contributed by atoms with Crippen molar-refractivity contribution in [1.82, 2.24) is 4.98 Å². The van der Waals surface area contributed by atoms with Crippen molar-refractivity contribution < 1.29 is 18.8 Å². The molecule has 0 unspecified atom stereocenters. The van der Waals surface area contributed by atoms with Crippen molar-refractivity contribution in [3.8, 4) is 0 Å². The average Bonchev–Trinajstić information content (AvgIpc) is 2.37. The fourth-order valence-corrected chi connectivity index (χ4v) is 0.698. The molecule has 0 N–H and O–H groups in total. The maximum atomic E-state index is 4.61. The summed E-state index contributed by atoms with van der Waals surface area (Å²) in [4.78, 5) is 3.78. The second-order valence-electron chi connectivity index (χ2n) is 2.18. The Bertz CT molecular complexity index is 191. The van der Waals surface area contributed by atoms with E-state index >= 15 is 0 Å². The van der Waals surface area contributed by atoms with Gasteiger partial charge in [-0.15, -0.1) is 0 Å². The Labute approximate surface area is 100.0 Å². The molecule has 0 aliphatic heterocycles. The number of rotatable bonds is 0. The minimum Gasteiger partial charge on any atom is -0.265 e. The van der Waals surface area contributed by atoms with E-state index in [1.165, 1.54) is 0 Å². The molecular weight excluding hydrogens is 377 g/mol. The van der Waals surface area contributed by atoms with Crippen LogP contribution in [0.5, 0.6) is 0 Å². The van der Waals surface area contributed by atoms with E-state index in [2.05, 4.69) is 14.4 Å². The van der Waals surface area contributed by atoms with E-state index in [4.69, 9.17) is 0 Å². The summed E-state index contributed by atoms with van der Waals surface area (Å²) in [5, 5.41) is 0. The van der Waals surface area contributed by atoms with Crippen LogP contribution in [0, 0.1) is 0 Å². The smallest absolute Gasteiger partial charge is 0.0267 e. The van der Waals surface area contributed by atoms with Gasteiger partial charge in [-0.05, 0) is 12.1 Å². The van der Waals surface area contributed by atoms with Gasteiger partial charge in [-0.3, -0.25) is 4.98 Å². The Hall–Kier alpha value is -0.652. The maximum Gasteiger partial charge on any atom is 0.0267 e. The molecule has 0 spiro atoms. The van der Waals surface area contributed by atoms with Gasteiger partial charge in [0.15, 0.2) is 0 Å². The summed E-state index contributed by atoms with van der Waals surface area (Å²) < 4.78 is 0. The number of hydrogen-bond acceptors (Lipinski definition) is 1. The quantitative estimate of drug-likeness (QED) is 0.674. The van der Waals surface area contributed by atoms with Gasteiger partial charge in [-0.25, -0.2) is 0 Å². The average molecular weight is 388 g/mol. The molecule has 0 amide bonds. The molecule has 77 valence electrons. The molecule has 14 heavy (non-hydrogen) atoms. The molecule has 1 nitrogen and oxygen atoms in total. The minimum atomic E-state index is 1.61. The number of hydrogen-bond donors (Lipinski definition) is 0. The summed E-state index contributed by atoms with van der Waals surface area (Å²) >= 11 is 1.61. The summed E-state index contributed by atoms with van der Waals surface area (Å²) in [5.41, 5.74) is 0. The third-order valence-electron chi connectivity index (χ3n) is 1.23. The summed E-state index contributed by atoms with van der Waals surface area (Å²) in [6.07, 6.45) is 3.50. The van der Waals surface area contributed by atoms with Crippen LogP contribution < -0.4 is 0 Å². The van der Waals surface area contributed by atoms with Gasteiger partial charge in [0, 0.05) is 12.4 Å². The SMILES string of the molecule is [Cl][Pt].c1ccccc1.c1ccncc1. The van der Waals surface area contributed by atoms with E-state index in [0.717, 1.165) is 0 Å². The van der Waals surface area contributed by atoms with Gasteiger partial charge in [-0.2, -0.15) is 0 Å². The van der Waals surface area contributed by atoms with E-state index < -0.39 is 0 Å². The molecule has 0 saturated heterocycles. The Morgan fingerprint density at radius 2 is 0.857 bits per heavy atom. The van der Waals surface area contributed by atoms with E-state index in [1.807, 2.05) is 54.6 Å². The van der Waals surface area contributed by atoms with Crippen molar-refractivity contribution in [2.75, 3.05) is 0 Å². The largest absolute Gasteiger partial charge is 0.265 e. The molecule has 3 heteroatoms. The van der Waals surface area contributed by atoms with Crippen LogP contribution in [-0.2, 0) is 18.8 Å². The van der Waals surface area contributed by atoms with Gasteiger partial charge in [0.05, 0.1) is 0 Å². The second kappa shape index (κ2) is 12.3. The molecule has 0 saturated carbocycles. The molecule has 0 bridgehead atoms. The molecule has 1 aromatic heterocycles. The van der Waals surface area contributed by atoms with Crippen molar-refractivity contribution in [1.29, 1.82) is 0 Å². The molecule has 1 aromatic carbocycles. The van der Waals surface area contributed by atoms with Crippen LogP contribution >= 0.6 is 9.42 Å². The molecule has 0 fully saturated rings. The summed E-state index contributed by atoms with van der Waals surface area (Å²) in [7, 11) is 4.61. The zero-order chi connectivity index (χ0) is 10.5. The number of pyridine rings is 1. The molecule has 1 heterocycles. The first-order valence-corrected chi connectivity index (χ1v) is 6.78. The fraction of sp³-hybridized carbons (Fsp3) is 0. The molecule has 2 aromatic rings. The standard InChI is InChI=1S/C6H6.C5H5N.ClH.Pt/c2*1-2-4-6-5-3-1;;/h1-6H;1-5H;1H;/q;;;+1/p-1. The monoisotopic (exact) mass is 387 g/mol. The molecule has 0 aliphatic carbocycles. The zero-order valence-electron chi connectivity index (χ0n) is 7.49. The Balaban J connectivity index is 0.000000206. The van der Waals surface area contributed by atoms with Crippen LogP contribution in [0.3, 0.4) is 0 Å². The number of aromatic nitrogens is 1. The first kappa shape index (κ1) is 13.3. The summed E-state index contributed by atoms with van der Waals surface area (Å²) in [6, 6.07) is 17.7. The van der Waals surface area contributed by atoms with E-state index in [0.29, 0.717) is 0 Å². The normalized spacial score (nSPS) is 7.36. The van der Waals surface area contributed by atoms with Crippen LogP contribution in [-0.4, -0.2) is 4.98 Å². The molecule has 2 rings (SSSR count). The molecule has 0 atom stereocenters. The summed E-state index contributed by atoms with van der Waals surface area (Å²) in [6.45, 7) is 0. The summed E-state index contributed by atoms with van der Waals surface area (Å²) in [5.74, 6) is 0. The first-order chi connectivity index (χ1) is 7.00. The van der Waals surface area contributed by atoms with E-state index in [9.17, 15) is 0 Å². The first-order valence-electron chi connectivity index (χ1n) is 3.97. The maximum absolute atomic E-state index is 4.61. The van der Waals surface area contributed by atoms with Gasteiger partial charge in [-0.1, -0.05) is 42.5 Å². The fourth-order valence-electron chi connectivity index (χ4n) is 0.698.